The van der Waals surface area contributed by atoms with Gasteiger partial charge in [0.15, 0.2) is 0 Å². The lowest BCUT2D eigenvalue weighted by Crippen LogP contribution is -2.54. The molecule has 2 N–H and O–H groups in total. The summed E-state index contributed by atoms with van der Waals surface area (Å²) < 4.78 is 4.72. The van der Waals surface area contributed by atoms with Crippen LogP contribution >= 0.6 is 0 Å². The van der Waals surface area contributed by atoms with E-state index in [1.54, 1.807) is 0 Å². The minimum absolute atomic E-state index is 0.0398. The maximum atomic E-state index is 11.9. The molecule has 0 aromatic rings. The number of hydrogen-bond acceptors (Lipinski definition) is 5. The van der Waals surface area contributed by atoms with Crippen molar-refractivity contribution in [3.8, 4) is 0 Å². The summed E-state index contributed by atoms with van der Waals surface area (Å²) in [5.41, 5.74) is 0. The van der Waals surface area contributed by atoms with Gasteiger partial charge in [-0.05, 0) is 5.92 Å². The van der Waals surface area contributed by atoms with Crippen LogP contribution < -0.4 is 5.32 Å². The maximum Gasteiger partial charge on any atom is 0.328 e. The van der Waals surface area contributed by atoms with Crippen LogP contribution in [0.5, 0.6) is 0 Å². The van der Waals surface area contributed by atoms with E-state index in [0.29, 0.717) is 0 Å². The molecule has 0 aromatic heterocycles. The summed E-state index contributed by atoms with van der Waals surface area (Å²) >= 11 is 0. The van der Waals surface area contributed by atoms with Crippen molar-refractivity contribution >= 4 is 11.9 Å². The number of esters is 1. The van der Waals surface area contributed by atoms with Gasteiger partial charge in [0.1, 0.15) is 6.04 Å². The largest absolute Gasteiger partial charge is 0.467 e. The zero-order chi connectivity index (χ0) is 14.4. The highest BCUT2D eigenvalue weighted by Gasteiger charge is 2.30. The average Bonchev–Trinajstić information content (AvgIpc) is 2.37. The Balaban J connectivity index is 2.41. The molecule has 1 aliphatic rings. The fourth-order valence-corrected chi connectivity index (χ4v) is 2.14. The SMILES string of the molecule is CCC(C)C(NC(=O)CN1CC(CO)C1)C(=O)OC. The van der Waals surface area contributed by atoms with Gasteiger partial charge < -0.3 is 15.2 Å². The molecule has 1 heterocycles. The van der Waals surface area contributed by atoms with Gasteiger partial charge in [-0.25, -0.2) is 4.79 Å². The molecular formula is C13H24N2O4. The molecule has 0 bridgehead atoms. The van der Waals surface area contributed by atoms with E-state index in [0.717, 1.165) is 19.5 Å². The maximum absolute atomic E-state index is 11.9. The third kappa shape index (κ3) is 4.47. The fourth-order valence-electron chi connectivity index (χ4n) is 2.14. The minimum Gasteiger partial charge on any atom is -0.467 e. The van der Waals surface area contributed by atoms with Crippen LogP contribution in [0, 0.1) is 11.8 Å². The third-order valence-electron chi connectivity index (χ3n) is 3.64. The summed E-state index contributed by atoms with van der Waals surface area (Å²) in [6, 6.07) is -0.586. The molecule has 1 fully saturated rings. The van der Waals surface area contributed by atoms with Crippen LogP contribution in [0.4, 0.5) is 0 Å². The number of carbonyl (C=O) groups is 2. The molecule has 6 nitrogen and oxygen atoms in total. The predicted octanol–water partition coefficient (Wildman–Crippen LogP) is -0.386. The van der Waals surface area contributed by atoms with Crippen molar-refractivity contribution in [2.45, 2.75) is 26.3 Å². The van der Waals surface area contributed by atoms with Crippen molar-refractivity contribution in [2.24, 2.45) is 11.8 Å². The monoisotopic (exact) mass is 272 g/mol. The predicted molar refractivity (Wildman–Crippen MR) is 70.4 cm³/mol. The number of amides is 1. The first-order valence-electron chi connectivity index (χ1n) is 6.72. The molecule has 6 heteroatoms. The van der Waals surface area contributed by atoms with Gasteiger partial charge >= 0.3 is 5.97 Å². The lowest BCUT2D eigenvalue weighted by molar-refractivity contribution is -0.147. The molecule has 0 aromatic carbocycles. The first-order chi connectivity index (χ1) is 9.01. The summed E-state index contributed by atoms with van der Waals surface area (Å²) in [7, 11) is 1.32. The molecule has 1 amide bonds. The van der Waals surface area contributed by atoms with Gasteiger partial charge in [-0.1, -0.05) is 20.3 Å². The Labute approximate surface area is 114 Å². The Morgan fingerprint density at radius 1 is 1.47 bits per heavy atom. The number of nitrogens with zero attached hydrogens (tertiary/aromatic N) is 1. The molecule has 2 unspecified atom stereocenters. The number of nitrogens with one attached hydrogen (secondary N) is 1. The summed E-state index contributed by atoms with van der Waals surface area (Å²) in [4.78, 5) is 25.4. The molecule has 0 radical (unpaired) electrons. The van der Waals surface area contributed by atoms with E-state index in [9.17, 15) is 9.59 Å². The van der Waals surface area contributed by atoms with Gasteiger partial charge in [-0.2, -0.15) is 0 Å². The van der Waals surface area contributed by atoms with Crippen LogP contribution in [0.2, 0.25) is 0 Å². The molecule has 0 saturated carbocycles. The smallest absolute Gasteiger partial charge is 0.328 e. The summed E-state index contributed by atoms with van der Waals surface area (Å²) in [6.07, 6.45) is 0.788. The van der Waals surface area contributed by atoms with E-state index in [-0.39, 0.29) is 30.9 Å². The van der Waals surface area contributed by atoms with Crippen molar-refractivity contribution in [3.63, 3.8) is 0 Å². The second kappa shape index (κ2) is 7.45. The number of methoxy groups -OCH3 is 1. The van der Waals surface area contributed by atoms with Crippen molar-refractivity contribution in [1.82, 2.24) is 10.2 Å². The number of rotatable bonds is 7. The van der Waals surface area contributed by atoms with Crippen LogP contribution in [-0.2, 0) is 14.3 Å². The highest BCUT2D eigenvalue weighted by molar-refractivity contribution is 5.85. The molecular weight excluding hydrogens is 248 g/mol. The van der Waals surface area contributed by atoms with E-state index in [1.807, 2.05) is 18.7 Å². The summed E-state index contributed by atoms with van der Waals surface area (Å²) in [5.74, 6) is -0.261. The fraction of sp³-hybridized carbons (Fsp3) is 0.846. The summed E-state index contributed by atoms with van der Waals surface area (Å²) in [6.45, 7) is 5.77. The Kier molecular flexibility index (Phi) is 6.24. The lowest BCUT2D eigenvalue weighted by Gasteiger charge is -2.37. The Morgan fingerprint density at radius 2 is 2.11 bits per heavy atom. The molecule has 1 rings (SSSR count). The second-order valence-corrected chi connectivity index (χ2v) is 5.20. The molecule has 2 atom stereocenters. The zero-order valence-corrected chi connectivity index (χ0v) is 11.9. The van der Waals surface area contributed by atoms with Crippen molar-refractivity contribution < 1.29 is 19.4 Å². The van der Waals surface area contributed by atoms with Gasteiger partial charge in [0.2, 0.25) is 5.91 Å². The van der Waals surface area contributed by atoms with Crippen LogP contribution in [-0.4, -0.2) is 61.3 Å². The van der Waals surface area contributed by atoms with E-state index >= 15 is 0 Å². The van der Waals surface area contributed by atoms with E-state index in [4.69, 9.17) is 9.84 Å². The van der Waals surface area contributed by atoms with Gasteiger partial charge in [-0.3, -0.25) is 9.69 Å². The van der Waals surface area contributed by atoms with E-state index in [2.05, 4.69) is 5.32 Å². The second-order valence-electron chi connectivity index (χ2n) is 5.20. The van der Waals surface area contributed by atoms with Crippen molar-refractivity contribution in [3.05, 3.63) is 0 Å². The molecule has 1 saturated heterocycles. The van der Waals surface area contributed by atoms with Crippen molar-refractivity contribution in [1.29, 1.82) is 0 Å². The number of carbonyl (C=O) groups excluding carboxylic acids is 2. The standard InChI is InChI=1S/C13H24N2O4/c1-4-9(2)12(13(18)19-3)14-11(17)7-15-5-10(6-15)8-16/h9-10,12,16H,4-8H2,1-3H3,(H,14,17). The number of hydrogen-bond donors (Lipinski definition) is 2. The van der Waals surface area contributed by atoms with Crippen LogP contribution in [0.15, 0.2) is 0 Å². The highest BCUT2D eigenvalue weighted by atomic mass is 16.5. The van der Waals surface area contributed by atoms with Gasteiger partial charge in [0, 0.05) is 25.6 Å². The molecule has 19 heavy (non-hydrogen) atoms. The van der Waals surface area contributed by atoms with Crippen LogP contribution in [0.1, 0.15) is 20.3 Å². The molecule has 1 aliphatic heterocycles. The van der Waals surface area contributed by atoms with Crippen molar-refractivity contribution in [2.75, 3.05) is 33.4 Å². The topological polar surface area (TPSA) is 78.9 Å². The van der Waals surface area contributed by atoms with Gasteiger partial charge in [0.25, 0.3) is 0 Å². The molecule has 0 aliphatic carbocycles. The molecule has 0 spiro atoms. The van der Waals surface area contributed by atoms with Crippen LogP contribution in [0.25, 0.3) is 0 Å². The van der Waals surface area contributed by atoms with Gasteiger partial charge in [0.05, 0.1) is 13.7 Å². The van der Waals surface area contributed by atoms with E-state index in [1.165, 1.54) is 7.11 Å². The average molecular weight is 272 g/mol. The first kappa shape index (κ1) is 15.9. The van der Waals surface area contributed by atoms with E-state index < -0.39 is 12.0 Å². The number of aliphatic hydroxyl groups is 1. The summed E-state index contributed by atoms with van der Waals surface area (Å²) in [5, 5.41) is 11.6. The number of ether oxygens (including phenoxy) is 1. The lowest BCUT2D eigenvalue weighted by atomic mass is 9.99. The third-order valence-corrected chi connectivity index (χ3v) is 3.64. The Hall–Kier alpha value is -1.14. The Bertz CT molecular complexity index is 316. The normalized spacial score (nSPS) is 19.4. The Morgan fingerprint density at radius 3 is 2.58 bits per heavy atom. The van der Waals surface area contributed by atoms with Gasteiger partial charge in [-0.15, -0.1) is 0 Å². The highest BCUT2D eigenvalue weighted by Crippen LogP contribution is 2.14. The first-order valence-corrected chi connectivity index (χ1v) is 6.72. The number of aliphatic hydroxyl groups excluding tert-OH is 1. The zero-order valence-electron chi connectivity index (χ0n) is 11.9. The van der Waals surface area contributed by atoms with Crippen LogP contribution in [0.3, 0.4) is 0 Å². The quantitative estimate of drug-likeness (QED) is 0.617. The minimum atomic E-state index is -0.586. The number of likely N-dealkylation sites (tertiary alicyclic amines) is 1. The molecule has 110 valence electrons.